The fraction of sp³-hybridized carbons (Fsp3) is 0.233. The molecule has 0 spiro atoms. The summed E-state index contributed by atoms with van der Waals surface area (Å²) in [7, 11) is 3.30. The summed E-state index contributed by atoms with van der Waals surface area (Å²) in [5, 5.41) is 13.5. The SMILES string of the molecule is CCOC(=O)C(O)c1c(C)cc2c(Cc3ccc(OC)cc3)c(OC)ccc2c1-c1ccc(Cl)cc1. The van der Waals surface area contributed by atoms with Crippen LogP contribution in [0.4, 0.5) is 0 Å². The van der Waals surface area contributed by atoms with Crippen LogP contribution >= 0.6 is 11.6 Å². The zero-order chi connectivity index (χ0) is 25.8. The number of aliphatic hydroxyl groups excluding tert-OH is 1. The van der Waals surface area contributed by atoms with Crippen molar-refractivity contribution in [2.45, 2.75) is 26.4 Å². The molecule has 0 saturated heterocycles. The zero-order valence-corrected chi connectivity index (χ0v) is 21.6. The number of benzene rings is 4. The number of methoxy groups -OCH3 is 2. The van der Waals surface area contributed by atoms with Gasteiger partial charge >= 0.3 is 5.97 Å². The van der Waals surface area contributed by atoms with Gasteiger partial charge in [-0.05, 0) is 77.2 Å². The quantitative estimate of drug-likeness (QED) is 0.271. The van der Waals surface area contributed by atoms with Crippen LogP contribution in [0, 0.1) is 6.92 Å². The van der Waals surface area contributed by atoms with Gasteiger partial charge in [0, 0.05) is 22.6 Å². The van der Waals surface area contributed by atoms with Crippen LogP contribution < -0.4 is 9.47 Å². The minimum Gasteiger partial charge on any atom is -0.497 e. The van der Waals surface area contributed by atoms with Crippen molar-refractivity contribution in [1.82, 2.24) is 0 Å². The van der Waals surface area contributed by atoms with E-state index in [9.17, 15) is 9.90 Å². The molecule has 6 heteroatoms. The first-order chi connectivity index (χ1) is 17.4. The smallest absolute Gasteiger partial charge is 0.339 e. The van der Waals surface area contributed by atoms with Gasteiger partial charge in [-0.2, -0.15) is 0 Å². The second-order valence-electron chi connectivity index (χ2n) is 8.51. The predicted octanol–water partition coefficient (Wildman–Crippen LogP) is 6.67. The van der Waals surface area contributed by atoms with Crippen molar-refractivity contribution < 1.29 is 24.1 Å². The average molecular weight is 505 g/mol. The van der Waals surface area contributed by atoms with Crippen LogP contribution in [0.3, 0.4) is 0 Å². The first-order valence-corrected chi connectivity index (χ1v) is 12.1. The number of aliphatic hydroxyl groups is 1. The lowest BCUT2D eigenvalue weighted by atomic mass is 9.85. The Morgan fingerprint density at radius 2 is 1.64 bits per heavy atom. The average Bonchev–Trinajstić information content (AvgIpc) is 2.89. The van der Waals surface area contributed by atoms with Crippen molar-refractivity contribution >= 4 is 28.3 Å². The topological polar surface area (TPSA) is 65.0 Å². The van der Waals surface area contributed by atoms with Gasteiger partial charge in [0.05, 0.1) is 20.8 Å². The second-order valence-corrected chi connectivity index (χ2v) is 8.95. The van der Waals surface area contributed by atoms with E-state index in [2.05, 4.69) is 0 Å². The van der Waals surface area contributed by atoms with Gasteiger partial charge in [-0.1, -0.05) is 48.0 Å². The van der Waals surface area contributed by atoms with E-state index in [1.165, 1.54) is 0 Å². The summed E-state index contributed by atoms with van der Waals surface area (Å²) >= 11 is 6.17. The lowest BCUT2D eigenvalue weighted by Gasteiger charge is -2.22. The largest absolute Gasteiger partial charge is 0.497 e. The van der Waals surface area contributed by atoms with Crippen molar-refractivity contribution in [2.75, 3.05) is 20.8 Å². The predicted molar refractivity (Wildman–Crippen MR) is 143 cm³/mol. The number of esters is 1. The Hall–Kier alpha value is -3.54. The normalized spacial score (nSPS) is 11.8. The molecule has 0 bridgehead atoms. The number of hydrogen-bond acceptors (Lipinski definition) is 5. The molecule has 0 saturated carbocycles. The highest BCUT2D eigenvalue weighted by Gasteiger charge is 2.27. The molecule has 36 heavy (non-hydrogen) atoms. The van der Waals surface area contributed by atoms with Crippen LogP contribution in [0.1, 0.15) is 35.3 Å². The van der Waals surface area contributed by atoms with E-state index in [4.69, 9.17) is 25.8 Å². The van der Waals surface area contributed by atoms with Crippen molar-refractivity contribution in [2.24, 2.45) is 0 Å². The van der Waals surface area contributed by atoms with E-state index in [1.807, 2.05) is 61.5 Å². The van der Waals surface area contributed by atoms with Gasteiger partial charge in [0.25, 0.3) is 0 Å². The first-order valence-electron chi connectivity index (χ1n) is 11.7. The highest BCUT2D eigenvalue weighted by Crippen LogP contribution is 2.42. The molecule has 0 radical (unpaired) electrons. The Bertz CT molecular complexity index is 1380. The number of hydrogen-bond donors (Lipinski definition) is 1. The van der Waals surface area contributed by atoms with Crippen molar-refractivity contribution in [3.63, 3.8) is 0 Å². The van der Waals surface area contributed by atoms with Crippen molar-refractivity contribution in [3.8, 4) is 22.6 Å². The van der Waals surface area contributed by atoms with Crippen LogP contribution in [0.5, 0.6) is 11.5 Å². The van der Waals surface area contributed by atoms with Crippen LogP contribution in [-0.2, 0) is 16.0 Å². The Labute approximate surface area is 216 Å². The monoisotopic (exact) mass is 504 g/mol. The standard InChI is InChI=1S/C30H29ClO5/c1-5-36-30(33)29(32)27-18(2)16-24-23(28(27)20-8-10-21(31)11-9-20)14-15-26(35-4)25(24)17-19-6-12-22(34-3)13-7-19/h6-16,29,32H,5,17H2,1-4H3. The highest BCUT2D eigenvalue weighted by atomic mass is 35.5. The lowest BCUT2D eigenvalue weighted by molar-refractivity contribution is -0.153. The molecular weight excluding hydrogens is 476 g/mol. The maximum atomic E-state index is 12.6. The molecule has 1 atom stereocenters. The maximum Gasteiger partial charge on any atom is 0.339 e. The highest BCUT2D eigenvalue weighted by molar-refractivity contribution is 6.30. The summed E-state index contributed by atoms with van der Waals surface area (Å²) in [5.74, 6) is 0.877. The molecule has 4 aromatic rings. The number of aryl methyl sites for hydroxylation is 1. The van der Waals surface area contributed by atoms with Crippen LogP contribution in [0.15, 0.2) is 66.7 Å². The molecule has 0 aliphatic rings. The summed E-state index contributed by atoms with van der Waals surface area (Å²) < 4.78 is 16.2. The zero-order valence-electron chi connectivity index (χ0n) is 20.8. The molecule has 0 heterocycles. The first kappa shape index (κ1) is 25.5. The van der Waals surface area contributed by atoms with Crippen LogP contribution in [-0.4, -0.2) is 31.9 Å². The van der Waals surface area contributed by atoms with Crippen molar-refractivity contribution in [1.29, 1.82) is 0 Å². The molecular formula is C30H29ClO5. The number of ether oxygens (including phenoxy) is 3. The second kappa shape index (κ2) is 11.0. The molecule has 5 nitrogen and oxygen atoms in total. The number of fused-ring (bicyclic) bond motifs is 1. The van der Waals surface area contributed by atoms with E-state index in [-0.39, 0.29) is 6.61 Å². The third-order valence-corrected chi connectivity index (χ3v) is 6.57. The number of carbonyl (C=O) groups is 1. The van der Waals surface area contributed by atoms with E-state index in [0.717, 1.165) is 50.1 Å². The Kier molecular flexibility index (Phi) is 7.82. The molecule has 186 valence electrons. The van der Waals surface area contributed by atoms with E-state index in [1.54, 1.807) is 33.3 Å². The number of rotatable bonds is 8. The molecule has 0 aromatic heterocycles. The molecule has 1 N–H and O–H groups in total. The summed E-state index contributed by atoms with van der Waals surface area (Å²) in [6.45, 7) is 3.80. The Balaban J connectivity index is 1.99. The van der Waals surface area contributed by atoms with Crippen LogP contribution in [0.2, 0.25) is 5.02 Å². The molecule has 4 rings (SSSR count). The molecule has 4 aromatic carbocycles. The van der Waals surface area contributed by atoms with Crippen molar-refractivity contribution in [3.05, 3.63) is 94.0 Å². The molecule has 0 aliphatic carbocycles. The molecule has 0 amide bonds. The number of carbonyl (C=O) groups excluding carboxylic acids is 1. The van der Waals surface area contributed by atoms with Gasteiger partial charge in [-0.15, -0.1) is 0 Å². The van der Waals surface area contributed by atoms with Crippen LogP contribution in [0.25, 0.3) is 21.9 Å². The van der Waals surface area contributed by atoms with Gasteiger partial charge < -0.3 is 19.3 Å². The fourth-order valence-corrected chi connectivity index (χ4v) is 4.73. The van der Waals surface area contributed by atoms with Gasteiger partial charge in [-0.25, -0.2) is 4.79 Å². The molecule has 1 unspecified atom stereocenters. The molecule has 0 aliphatic heterocycles. The summed E-state index contributed by atoms with van der Waals surface area (Å²) in [5.41, 5.74) is 5.01. The third-order valence-electron chi connectivity index (χ3n) is 6.31. The summed E-state index contributed by atoms with van der Waals surface area (Å²) in [6.07, 6.45) is -0.795. The lowest BCUT2D eigenvalue weighted by Crippen LogP contribution is -2.17. The minimum absolute atomic E-state index is 0.183. The Morgan fingerprint density at radius 3 is 2.25 bits per heavy atom. The molecule has 0 fully saturated rings. The number of halogens is 1. The van der Waals surface area contributed by atoms with Gasteiger partial charge in [-0.3, -0.25) is 0 Å². The maximum absolute atomic E-state index is 12.6. The Morgan fingerprint density at radius 1 is 0.944 bits per heavy atom. The summed E-state index contributed by atoms with van der Waals surface area (Å²) in [6, 6.07) is 21.2. The fourth-order valence-electron chi connectivity index (χ4n) is 4.60. The summed E-state index contributed by atoms with van der Waals surface area (Å²) in [4.78, 5) is 12.6. The van der Waals surface area contributed by atoms with E-state index >= 15 is 0 Å². The van der Waals surface area contributed by atoms with Gasteiger partial charge in [0.1, 0.15) is 11.5 Å². The van der Waals surface area contributed by atoms with E-state index in [0.29, 0.717) is 17.0 Å². The van der Waals surface area contributed by atoms with E-state index < -0.39 is 12.1 Å². The third kappa shape index (κ3) is 5.03. The van der Waals surface area contributed by atoms with Gasteiger partial charge in [0.2, 0.25) is 0 Å². The minimum atomic E-state index is -1.42. The van der Waals surface area contributed by atoms with Gasteiger partial charge in [0.15, 0.2) is 6.10 Å².